The minimum absolute atomic E-state index is 0.0257. The van der Waals surface area contributed by atoms with Crippen molar-refractivity contribution in [3.63, 3.8) is 0 Å². The summed E-state index contributed by atoms with van der Waals surface area (Å²) < 4.78 is 49.5. The fraction of sp³-hybridized carbons (Fsp3) is 0.333. The van der Waals surface area contributed by atoms with E-state index >= 15 is 0 Å². The molecule has 0 saturated heterocycles. The van der Waals surface area contributed by atoms with Crippen molar-refractivity contribution in [1.82, 2.24) is 9.03 Å². The van der Waals surface area contributed by atoms with Gasteiger partial charge in [-0.05, 0) is 31.3 Å². The molecule has 17 heavy (non-hydrogen) atoms. The first-order valence-electron chi connectivity index (χ1n) is 4.68. The van der Waals surface area contributed by atoms with E-state index in [-0.39, 0.29) is 9.79 Å². The van der Waals surface area contributed by atoms with Crippen LogP contribution in [0.3, 0.4) is 0 Å². The van der Waals surface area contributed by atoms with Crippen molar-refractivity contribution in [2.45, 2.75) is 9.79 Å². The van der Waals surface area contributed by atoms with Crippen molar-refractivity contribution < 1.29 is 16.8 Å². The molecule has 0 unspecified atom stereocenters. The van der Waals surface area contributed by atoms with E-state index in [9.17, 15) is 16.8 Å². The van der Waals surface area contributed by atoms with Crippen molar-refractivity contribution in [2.24, 2.45) is 0 Å². The number of hydrogen-bond donors (Lipinski definition) is 1. The van der Waals surface area contributed by atoms with Gasteiger partial charge in [0.15, 0.2) is 0 Å². The van der Waals surface area contributed by atoms with E-state index in [0.717, 1.165) is 4.31 Å². The Morgan fingerprint density at radius 3 is 1.71 bits per heavy atom. The lowest BCUT2D eigenvalue weighted by Crippen LogP contribution is -2.22. The molecule has 0 atom stereocenters. The van der Waals surface area contributed by atoms with Gasteiger partial charge in [-0.3, -0.25) is 0 Å². The van der Waals surface area contributed by atoms with Crippen LogP contribution in [0.1, 0.15) is 0 Å². The maximum absolute atomic E-state index is 11.7. The fourth-order valence-electron chi connectivity index (χ4n) is 1.12. The lowest BCUT2D eigenvalue weighted by atomic mass is 10.4. The van der Waals surface area contributed by atoms with Crippen LogP contribution in [0.25, 0.3) is 0 Å². The third-order valence-electron chi connectivity index (χ3n) is 2.18. The second-order valence-electron chi connectivity index (χ2n) is 3.47. The normalized spacial score (nSPS) is 12.9. The SMILES string of the molecule is CNS(=O)(=O)c1ccc(S(=O)(=O)N(C)C)cc1. The Bertz CT molecular complexity index is 588. The van der Waals surface area contributed by atoms with Gasteiger partial charge in [-0.2, -0.15) is 0 Å². The molecular weight excluding hydrogens is 264 g/mol. The average molecular weight is 278 g/mol. The zero-order chi connectivity index (χ0) is 13.3. The molecule has 8 heteroatoms. The Kier molecular flexibility index (Phi) is 3.92. The summed E-state index contributed by atoms with van der Waals surface area (Å²) in [6.45, 7) is 0. The van der Waals surface area contributed by atoms with Gasteiger partial charge in [-0.1, -0.05) is 0 Å². The quantitative estimate of drug-likeness (QED) is 0.830. The summed E-state index contributed by atoms with van der Waals surface area (Å²) in [7, 11) is -2.95. The second-order valence-corrected chi connectivity index (χ2v) is 7.50. The Morgan fingerprint density at radius 1 is 0.941 bits per heavy atom. The first kappa shape index (κ1) is 14.1. The van der Waals surface area contributed by atoms with Crippen molar-refractivity contribution in [3.05, 3.63) is 24.3 Å². The summed E-state index contributed by atoms with van der Waals surface area (Å²) in [5.41, 5.74) is 0. The van der Waals surface area contributed by atoms with Crippen molar-refractivity contribution in [3.8, 4) is 0 Å². The minimum Gasteiger partial charge on any atom is -0.214 e. The molecule has 6 nitrogen and oxygen atoms in total. The standard InChI is InChI=1S/C9H14N2O4S2/c1-10-16(12,13)8-4-6-9(7-5-8)17(14,15)11(2)3/h4-7,10H,1-3H3. The van der Waals surface area contributed by atoms with Gasteiger partial charge in [-0.25, -0.2) is 25.9 Å². The van der Waals surface area contributed by atoms with E-state index < -0.39 is 20.0 Å². The lowest BCUT2D eigenvalue weighted by molar-refractivity contribution is 0.520. The number of nitrogens with one attached hydrogen (secondary N) is 1. The van der Waals surface area contributed by atoms with Crippen molar-refractivity contribution >= 4 is 20.0 Å². The van der Waals surface area contributed by atoms with Crippen LogP contribution < -0.4 is 4.72 Å². The van der Waals surface area contributed by atoms with Crippen LogP contribution >= 0.6 is 0 Å². The van der Waals surface area contributed by atoms with E-state index in [1.807, 2.05) is 0 Å². The van der Waals surface area contributed by atoms with Gasteiger partial charge in [0.05, 0.1) is 9.79 Å². The van der Waals surface area contributed by atoms with E-state index in [4.69, 9.17) is 0 Å². The van der Waals surface area contributed by atoms with Gasteiger partial charge < -0.3 is 0 Å². The van der Waals surface area contributed by atoms with Crippen LogP contribution in [-0.4, -0.2) is 42.3 Å². The van der Waals surface area contributed by atoms with Crippen LogP contribution in [-0.2, 0) is 20.0 Å². The molecule has 0 radical (unpaired) electrons. The van der Waals surface area contributed by atoms with Gasteiger partial charge in [0.25, 0.3) is 0 Å². The molecule has 0 aliphatic heterocycles. The molecule has 0 fully saturated rings. The van der Waals surface area contributed by atoms with Gasteiger partial charge in [0, 0.05) is 14.1 Å². The molecule has 0 bridgehead atoms. The Hall–Kier alpha value is -0.960. The zero-order valence-electron chi connectivity index (χ0n) is 9.71. The van der Waals surface area contributed by atoms with Gasteiger partial charge in [0.2, 0.25) is 20.0 Å². The second kappa shape index (κ2) is 4.73. The lowest BCUT2D eigenvalue weighted by Gasteiger charge is -2.11. The highest BCUT2D eigenvalue weighted by molar-refractivity contribution is 7.89. The third-order valence-corrected chi connectivity index (χ3v) is 5.44. The molecule has 96 valence electrons. The minimum atomic E-state index is -3.54. The van der Waals surface area contributed by atoms with Crippen molar-refractivity contribution in [1.29, 1.82) is 0 Å². The van der Waals surface area contributed by atoms with Gasteiger partial charge in [-0.15, -0.1) is 0 Å². The Balaban J connectivity index is 3.23. The summed E-state index contributed by atoms with van der Waals surface area (Å²) in [6.07, 6.45) is 0. The molecule has 0 aliphatic rings. The topological polar surface area (TPSA) is 83.5 Å². The molecule has 0 aromatic heterocycles. The molecule has 1 aromatic carbocycles. The number of hydrogen-bond acceptors (Lipinski definition) is 4. The molecule has 1 rings (SSSR count). The highest BCUT2D eigenvalue weighted by Gasteiger charge is 2.18. The molecule has 0 heterocycles. The highest BCUT2D eigenvalue weighted by atomic mass is 32.2. The molecule has 1 N–H and O–H groups in total. The smallest absolute Gasteiger partial charge is 0.214 e. The van der Waals surface area contributed by atoms with Crippen LogP contribution in [0.4, 0.5) is 0 Å². The summed E-state index contributed by atoms with van der Waals surface area (Å²) in [6, 6.07) is 5.03. The largest absolute Gasteiger partial charge is 0.242 e. The Labute approximate surface area is 101 Å². The monoisotopic (exact) mass is 278 g/mol. The predicted octanol–water partition coefficient (Wildman–Crippen LogP) is -0.155. The number of rotatable bonds is 4. The maximum atomic E-state index is 11.7. The van der Waals surface area contributed by atoms with Gasteiger partial charge >= 0.3 is 0 Å². The summed E-state index contributed by atoms with van der Waals surface area (Å²) >= 11 is 0. The number of benzene rings is 1. The molecule has 0 saturated carbocycles. The Morgan fingerprint density at radius 2 is 1.35 bits per heavy atom. The maximum Gasteiger partial charge on any atom is 0.242 e. The van der Waals surface area contributed by atoms with E-state index in [2.05, 4.69) is 4.72 Å². The van der Waals surface area contributed by atoms with E-state index in [1.165, 1.54) is 45.4 Å². The highest BCUT2D eigenvalue weighted by Crippen LogP contribution is 2.16. The van der Waals surface area contributed by atoms with Crippen LogP contribution in [0.2, 0.25) is 0 Å². The van der Waals surface area contributed by atoms with Gasteiger partial charge in [0.1, 0.15) is 0 Å². The molecule has 1 aromatic rings. The number of sulfonamides is 2. The van der Waals surface area contributed by atoms with E-state index in [0.29, 0.717) is 0 Å². The summed E-state index contributed by atoms with van der Waals surface area (Å²) in [5.74, 6) is 0. The summed E-state index contributed by atoms with van der Waals surface area (Å²) in [4.78, 5) is 0.0789. The van der Waals surface area contributed by atoms with Crippen LogP contribution in [0.15, 0.2) is 34.1 Å². The molecule has 0 spiro atoms. The zero-order valence-corrected chi connectivity index (χ0v) is 11.3. The van der Waals surface area contributed by atoms with E-state index in [1.54, 1.807) is 0 Å². The number of nitrogens with zero attached hydrogens (tertiary/aromatic N) is 1. The fourth-order valence-corrected chi connectivity index (χ4v) is 2.75. The first-order chi connectivity index (χ1) is 7.71. The first-order valence-corrected chi connectivity index (χ1v) is 7.60. The van der Waals surface area contributed by atoms with Crippen LogP contribution in [0, 0.1) is 0 Å². The molecular formula is C9H14N2O4S2. The third kappa shape index (κ3) is 2.83. The van der Waals surface area contributed by atoms with Crippen LogP contribution in [0.5, 0.6) is 0 Å². The molecule has 0 aliphatic carbocycles. The van der Waals surface area contributed by atoms with Crippen molar-refractivity contribution in [2.75, 3.05) is 21.1 Å². The average Bonchev–Trinajstić information content (AvgIpc) is 2.29. The summed E-state index contributed by atoms with van der Waals surface area (Å²) in [5, 5.41) is 0. The molecule has 0 amide bonds. The predicted molar refractivity (Wildman–Crippen MR) is 63.6 cm³/mol.